The summed E-state index contributed by atoms with van der Waals surface area (Å²) in [5.74, 6) is -0.405. The molecular weight excluding hydrogens is 342 g/mol. The molecule has 0 aliphatic heterocycles. The Balaban J connectivity index is 2.28. The van der Waals surface area contributed by atoms with E-state index in [2.05, 4.69) is 5.32 Å². The molecule has 3 nitrogen and oxygen atoms in total. The fraction of sp³-hybridized carbons (Fsp3) is 0. The molecule has 2 aromatic rings. The summed E-state index contributed by atoms with van der Waals surface area (Å²) >= 11 is 23.5. The fourth-order valence-electron chi connectivity index (χ4n) is 1.50. The van der Waals surface area contributed by atoms with Gasteiger partial charge in [0, 0.05) is 10.6 Å². The van der Waals surface area contributed by atoms with Gasteiger partial charge in [0.2, 0.25) is 0 Å². The molecule has 0 radical (unpaired) electrons. The number of benzene rings is 2. The summed E-state index contributed by atoms with van der Waals surface area (Å²) in [5.41, 5.74) is 6.56. The smallest absolute Gasteiger partial charge is 0.255 e. The second-order valence-corrected chi connectivity index (χ2v) is 5.59. The Morgan fingerprint density at radius 3 is 2.10 bits per heavy atom. The third-order valence-electron chi connectivity index (χ3n) is 2.52. The van der Waals surface area contributed by atoms with Gasteiger partial charge in [-0.25, -0.2) is 0 Å². The van der Waals surface area contributed by atoms with E-state index in [1.807, 2.05) is 0 Å². The number of nitrogen functional groups attached to an aromatic ring is 1. The van der Waals surface area contributed by atoms with Crippen LogP contribution >= 0.6 is 46.4 Å². The predicted octanol–water partition coefficient (Wildman–Crippen LogP) is 5.13. The van der Waals surface area contributed by atoms with Gasteiger partial charge in [-0.1, -0.05) is 46.4 Å². The number of hydrogen-bond acceptors (Lipinski definition) is 2. The van der Waals surface area contributed by atoms with Crippen molar-refractivity contribution in [3.8, 4) is 0 Å². The van der Waals surface area contributed by atoms with Crippen molar-refractivity contribution >= 4 is 63.7 Å². The van der Waals surface area contributed by atoms with E-state index in [1.165, 1.54) is 18.2 Å². The number of amides is 1. The molecule has 20 heavy (non-hydrogen) atoms. The molecule has 7 heteroatoms. The normalized spacial score (nSPS) is 10.4. The first-order valence-electron chi connectivity index (χ1n) is 5.39. The summed E-state index contributed by atoms with van der Waals surface area (Å²) in [4.78, 5) is 12.1. The minimum atomic E-state index is -0.405. The Morgan fingerprint density at radius 1 is 0.950 bits per heavy atom. The van der Waals surface area contributed by atoms with Gasteiger partial charge in [0.15, 0.2) is 0 Å². The second kappa shape index (κ2) is 6.10. The van der Waals surface area contributed by atoms with Gasteiger partial charge in [0.1, 0.15) is 0 Å². The average molecular weight is 350 g/mol. The Morgan fingerprint density at radius 2 is 1.55 bits per heavy atom. The number of anilines is 2. The van der Waals surface area contributed by atoms with Crippen molar-refractivity contribution in [3.05, 3.63) is 56.0 Å². The van der Waals surface area contributed by atoms with Crippen molar-refractivity contribution in [2.45, 2.75) is 0 Å². The van der Waals surface area contributed by atoms with Gasteiger partial charge in [-0.3, -0.25) is 4.79 Å². The molecule has 0 fully saturated rings. The lowest BCUT2D eigenvalue weighted by molar-refractivity contribution is 0.102. The van der Waals surface area contributed by atoms with E-state index in [0.29, 0.717) is 15.7 Å². The van der Waals surface area contributed by atoms with E-state index in [0.717, 1.165) is 0 Å². The third kappa shape index (κ3) is 3.30. The summed E-state index contributed by atoms with van der Waals surface area (Å²) in [7, 11) is 0. The minimum Gasteiger partial charge on any atom is -0.396 e. The molecule has 2 aromatic carbocycles. The molecule has 2 rings (SSSR count). The Bertz CT molecular complexity index is 665. The van der Waals surface area contributed by atoms with Crippen molar-refractivity contribution < 1.29 is 4.79 Å². The first-order valence-corrected chi connectivity index (χ1v) is 6.90. The van der Waals surface area contributed by atoms with Crippen LogP contribution in [-0.2, 0) is 0 Å². The SMILES string of the molecule is Nc1c(Cl)cc(C(=O)Nc2ccc(Cl)cc2Cl)cc1Cl. The first-order chi connectivity index (χ1) is 9.38. The summed E-state index contributed by atoms with van der Waals surface area (Å²) in [6.07, 6.45) is 0. The van der Waals surface area contributed by atoms with Gasteiger partial charge in [0.05, 0.1) is 26.4 Å². The van der Waals surface area contributed by atoms with Crippen LogP contribution in [0.5, 0.6) is 0 Å². The van der Waals surface area contributed by atoms with Crippen LogP contribution in [0.1, 0.15) is 10.4 Å². The molecule has 0 heterocycles. The van der Waals surface area contributed by atoms with Crippen LogP contribution in [0.25, 0.3) is 0 Å². The van der Waals surface area contributed by atoms with Crippen molar-refractivity contribution in [2.24, 2.45) is 0 Å². The third-order valence-corrected chi connectivity index (χ3v) is 3.69. The molecule has 0 spiro atoms. The van der Waals surface area contributed by atoms with E-state index in [1.54, 1.807) is 12.1 Å². The highest BCUT2D eigenvalue weighted by Gasteiger charge is 2.13. The number of carbonyl (C=O) groups excluding carboxylic acids is 1. The van der Waals surface area contributed by atoms with Crippen LogP contribution in [0.4, 0.5) is 11.4 Å². The monoisotopic (exact) mass is 348 g/mol. The van der Waals surface area contributed by atoms with Crippen LogP contribution in [0, 0.1) is 0 Å². The quantitative estimate of drug-likeness (QED) is 0.738. The van der Waals surface area contributed by atoms with Crippen LogP contribution in [0.15, 0.2) is 30.3 Å². The van der Waals surface area contributed by atoms with E-state index in [-0.39, 0.29) is 21.3 Å². The standard InChI is InChI=1S/C13H8Cl4N2O/c14-7-1-2-11(8(15)5-7)19-13(20)6-3-9(16)12(18)10(17)4-6/h1-5H,18H2,(H,19,20). The zero-order valence-electron chi connectivity index (χ0n) is 9.88. The lowest BCUT2D eigenvalue weighted by Gasteiger charge is -2.09. The zero-order chi connectivity index (χ0) is 14.9. The van der Waals surface area contributed by atoms with Crippen molar-refractivity contribution in [1.82, 2.24) is 0 Å². The first kappa shape index (κ1) is 15.3. The number of hydrogen-bond donors (Lipinski definition) is 2. The Labute approximate surface area is 135 Å². The lowest BCUT2D eigenvalue weighted by Crippen LogP contribution is -2.12. The molecule has 3 N–H and O–H groups in total. The molecule has 0 aromatic heterocycles. The maximum atomic E-state index is 12.1. The molecule has 0 bridgehead atoms. The number of rotatable bonds is 2. The highest BCUT2D eigenvalue weighted by atomic mass is 35.5. The number of nitrogens with one attached hydrogen (secondary N) is 1. The van der Waals surface area contributed by atoms with Gasteiger partial charge in [-0.2, -0.15) is 0 Å². The second-order valence-electron chi connectivity index (χ2n) is 3.93. The molecular formula is C13H8Cl4N2O. The average Bonchev–Trinajstić information content (AvgIpc) is 2.38. The van der Waals surface area contributed by atoms with E-state index < -0.39 is 5.91 Å². The minimum absolute atomic E-state index is 0.213. The molecule has 0 aliphatic carbocycles. The van der Waals surface area contributed by atoms with Gasteiger partial charge in [-0.15, -0.1) is 0 Å². The van der Waals surface area contributed by atoms with Crippen LogP contribution in [0.2, 0.25) is 20.1 Å². The van der Waals surface area contributed by atoms with E-state index >= 15 is 0 Å². The van der Waals surface area contributed by atoms with Gasteiger partial charge >= 0.3 is 0 Å². The van der Waals surface area contributed by atoms with Crippen LogP contribution in [0.3, 0.4) is 0 Å². The summed E-state index contributed by atoms with van der Waals surface area (Å²) in [6.45, 7) is 0. The maximum Gasteiger partial charge on any atom is 0.255 e. The van der Waals surface area contributed by atoms with Crippen molar-refractivity contribution in [1.29, 1.82) is 0 Å². The summed E-state index contributed by atoms with van der Waals surface area (Å²) < 4.78 is 0. The van der Waals surface area contributed by atoms with Gasteiger partial charge in [-0.05, 0) is 30.3 Å². The number of halogens is 4. The zero-order valence-corrected chi connectivity index (χ0v) is 12.9. The van der Waals surface area contributed by atoms with E-state index in [9.17, 15) is 4.79 Å². The van der Waals surface area contributed by atoms with Gasteiger partial charge < -0.3 is 11.1 Å². The summed E-state index contributed by atoms with van der Waals surface area (Å²) in [5, 5.41) is 3.88. The van der Waals surface area contributed by atoms with Crippen LogP contribution < -0.4 is 11.1 Å². The molecule has 0 saturated heterocycles. The molecule has 0 atom stereocenters. The van der Waals surface area contributed by atoms with Crippen molar-refractivity contribution in [3.63, 3.8) is 0 Å². The number of nitrogens with two attached hydrogens (primary N) is 1. The molecule has 104 valence electrons. The molecule has 0 aliphatic rings. The molecule has 0 saturated carbocycles. The Hall–Kier alpha value is -1.13. The van der Waals surface area contributed by atoms with Gasteiger partial charge in [0.25, 0.3) is 5.91 Å². The predicted molar refractivity (Wildman–Crippen MR) is 85.3 cm³/mol. The lowest BCUT2D eigenvalue weighted by atomic mass is 10.2. The fourth-order valence-corrected chi connectivity index (χ4v) is 2.44. The van der Waals surface area contributed by atoms with Crippen molar-refractivity contribution in [2.75, 3.05) is 11.1 Å². The van der Waals surface area contributed by atoms with Crippen LogP contribution in [-0.4, -0.2) is 5.91 Å². The Kier molecular flexibility index (Phi) is 4.66. The maximum absolute atomic E-state index is 12.1. The topological polar surface area (TPSA) is 55.1 Å². The molecule has 0 unspecified atom stereocenters. The largest absolute Gasteiger partial charge is 0.396 e. The highest BCUT2D eigenvalue weighted by Crippen LogP contribution is 2.30. The molecule has 1 amide bonds. The summed E-state index contributed by atoms with van der Waals surface area (Å²) in [6, 6.07) is 7.61. The van der Waals surface area contributed by atoms with E-state index in [4.69, 9.17) is 52.1 Å². The number of carbonyl (C=O) groups is 1. The highest BCUT2D eigenvalue weighted by molar-refractivity contribution is 6.39.